The van der Waals surface area contributed by atoms with Gasteiger partial charge in [0.2, 0.25) is 0 Å². The van der Waals surface area contributed by atoms with Crippen molar-refractivity contribution in [2.24, 2.45) is 5.41 Å². The predicted octanol–water partition coefficient (Wildman–Crippen LogP) is 4.44. The molecule has 4 nitrogen and oxygen atoms in total. The van der Waals surface area contributed by atoms with Crippen LogP contribution in [0.25, 0.3) is 11.2 Å². The molecule has 1 unspecified atom stereocenters. The van der Waals surface area contributed by atoms with Gasteiger partial charge in [0.05, 0.1) is 11.1 Å². The summed E-state index contributed by atoms with van der Waals surface area (Å²) in [6.07, 6.45) is 5.21. The first-order chi connectivity index (χ1) is 10.0. The lowest BCUT2D eigenvalue weighted by Crippen LogP contribution is -2.34. The van der Waals surface area contributed by atoms with E-state index >= 15 is 0 Å². The highest BCUT2D eigenvalue weighted by Gasteiger charge is 2.37. The van der Waals surface area contributed by atoms with Crippen molar-refractivity contribution in [3.05, 3.63) is 11.5 Å². The number of hydrogen-bond acceptors (Lipinski definition) is 2. The monoisotopic (exact) mass is 308 g/mol. The van der Waals surface area contributed by atoms with Crippen LogP contribution in [0.4, 0.5) is 0 Å². The Bertz CT molecular complexity index is 643. The fraction of sp³-hybridized carbons (Fsp3) is 0.750. The van der Waals surface area contributed by atoms with Crippen molar-refractivity contribution in [2.45, 2.75) is 71.8 Å². The second-order valence-corrected chi connectivity index (χ2v) is 7.11. The SMILES string of the molecule is CCn1nc(C)c2nc(C(C)Cl)n(CC3(CC)CCC3)c21. The first kappa shape index (κ1) is 14.9. The van der Waals surface area contributed by atoms with E-state index in [1.54, 1.807) is 0 Å². The molecule has 0 aromatic carbocycles. The van der Waals surface area contributed by atoms with Gasteiger partial charge in [-0.05, 0) is 45.4 Å². The van der Waals surface area contributed by atoms with Crippen molar-refractivity contribution in [1.29, 1.82) is 0 Å². The number of alkyl halides is 1. The Hall–Kier alpha value is -1.03. The van der Waals surface area contributed by atoms with Crippen LogP contribution in [0.1, 0.15) is 63.3 Å². The van der Waals surface area contributed by atoms with Crippen LogP contribution in [0.15, 0.2) is 0 Å². The molecule has 1 aliphatic rings. The van der Waals surface area contributed by atoms with Gasteiger partial charge in [-0.3, -0.25) is 0 Å². The van der Waals surface area contributed by atoms with Gasteiger partial charge in [0.15, 0.2) is 5.65 Å². The standard InChI is InChI=1S/C16H25ClN4/c1-5-16(8-7-9-16)10-20-14(11(3)17)18-13-12(4)19-21(6-2)15(13)20/h11H,5-10H2,1-4H3. The molecule has 2 aromatic rings. The summed E-state index contributed by atoms with van der Waals surface area (Å²) in [7, 11) is 0. The van der Waals surface area contributed by atoms with E-state index in [1.165, 1.54) is 25.7 Å². The van der Waals surface area contributed by atoms with E-state index in [0.29, 0.717) is 5.41 Å². The molecule has 116 valence electrons. The summed E-state index contributed by atoms with van der Waals surface area (Å²) in [4.78, 5) is 4.80. The molecule has 0 radical (unpaired) electrons. The maximum Gasteiger partial charge on any atom is 0.158 e. The van der Waals surface area contributed by atoms with Gasteiger partial charge in [0, 0.05) is 13.1 Å². The molecule has 5 heteroatoms. The van der Waals surface area contributed by atoms with Gasteiger partial charge >= 0.3 is 0 Å². The summed E-state index contributed by atoms with van der Waals surface area (Å²) in [6, 6.07) is 0. The minimum atomic E-state index is -0.0731. The molecule has 1 aliphatic carbocycles. The largest absolute Gasteiger partial charge is 0.311 e. The van der Waals surface area contributed by atoms with E-state index < -0.39 is 0 Å². The molecule has 0 spiro atoms. The lowest BCUT2D eigenvalue weighted by Gasteiger charge is -2.42. The van der Waals surface area contributed by atoms with Gasteiger partial charge in [0.1, 0.15) is 11.3 Å². The Kier molecular flexibility index (Phi) is 3.76. The highest BCUT2D eigenvalue weighted by molar-refractivity contribution is 6.20. The minimum absolute atomic E-state index is 0.0731. The molecule has 0 amide bonds. The first-order valence-electron chi connectivity index (χ1n) is 8.09. The molecule has 0 N–H and O–H groups in total. The minimum Gasteiger partial charge on any atom is -0.311 e. The Morgan fingerprint density at radius 2 is 2.05 bits per heavy atom. The zero-order valence-corrected chi connectivity index (χ0v) is 14.2. The highest BCUT2D eigenvalue weighted by atomic mass is 35.5. The van der Waals surface area contributed by atoms with Crippen LogP contribution in [-0.2, 0) is 13.1 Å². The lowest BCUT2D eigenvalue weighted by molar-refractivity contribution is 0.100. The van der Waals surface area contributed by atoms with Crippen molar-refractivity contribution in [3.8, 4) is 0 Å². The molecule has 1 saturated carbocycles. The van der Waals surface area contributed by atoms with Crippen LogP contribution in [0.2, 0.25) is 0 Å². The van der Waals surface area contributed by atoms with E-state index in [0.717, 1.165) is 35.8 Å². The van der Waals surface area contributed by atoms with E-state index in [2.05, 4.69) is 28.2 Å². The number of aryl methyl sites for hydroxylation is 2. The molecule has 1 fully saturated rings. The summed E-state index contributed by atoms with van der Waals surface area (Å²) >= 11 is 6.40. The first-order valence-corrected chi connectivity index (χ1v) is 8.52. The van der Waals surface area contributed by atoms with Crippen molar-refractivity contribution in [1.82, 2.24) is 19.3 Å². The summed E-state index contributed by atoms with van der Waals surface area (Å²) < 4.78 is 4.42. The fourth-order valence-electron chi connectivity index (χ4n) is 3.56. The lowest BCUT2D eigenvalue weighted by atomic mass is 9.67. The molecule has 3 rings (SSSR count). The summed E-state index contributed by atoms with van der Waals surface area (Å²) in [5.41, 5.74) is 3.61. The molecule has 1 atom stereocenters. The van der Waals surface area contributed by atoms with E-state index in [-0.39, 0.29) is 5.38 Å². The maximum absolute atomic E-state index is 6.40. The Balaban J connectivity index is 2.15. The predicted molar refractivity (Wildman–Crippen MR) is 86.8 cm³/mol. The molecule has 0 aliphatic heterocycles. The van der Waals surface area contributed by atoms with Crippen molar-refractivity contribution in [3.63, 3.8) is 0 Å². The zero-order valence-electron chi connectivity index (χ0n) is 13.5. The Morgan fingerprint density at radius 3 is 2.52 bits per heavy atom. The highest BCUT2D eigenvalue weighted by Crippen LogP contribution is 2.46. The quantitative estimate of drug-likeness (QED) is 0.765. The average Bonchev–Trinajstić information content (AvgIpc) is 2.93. The molecule has 0 bridgehead atoms. The van der Waals surface area contributed by atoms with E-state index in [1.807, 2.05) is 13.8 Å². The molecule has 21 heavy (non-hydrogen) atoms. The Labute approximate surface area is 131 Å². The van der Waals surface area contributed by atoms with Crippen LogP contribution in [0, 0.1) is 12.3 Å². The van der Waals surface area contributed by atoms with E-state index in [4.69, 9.17) is 16.6 Å². The van der Waals surface area contributed by atoms with Crippen LogP contribution < -0.4 is 0 Å². The molecule has 0 saturated heterocycles. The smallest absolute Gasteiger partial charge is 0.158 e. The van der Waals surface area contributed by atoms with Crippen molar-refractivity contribution in [2.75, 3.05) is 0 Å². The fourth-order valence-corrected chi connectivity index (χ4v) is 3.72. The van der Waals surface area contributed by atoms with Gasteiger partial charge in [-0.15, -0.1) is 11.6 Å². The second kappa shape index (κ2) is 5.31. The van der Waals surface area contributed by atoms with E-state index in [9.17, 15) is 0 Å². The summed E-state index contributed by atoms with van der Waals surface area (Å²) in [6.45, 7) is 10.4. The summed E-state index contributed by atoms with van der Waals surface area (Å²) in [5, 5.41) is 4.55. The molecular formula is C16H25ClN4. The number of halogens is 1. The van der Waals surface area contributed by atoms with Crippen molar-refractivity contribution < 1.29 is 0 Å². The molecule has 2 heterocycles. The number of rotatable bonds is 5. The van der Waals surface area contributed by atoms with Crippen LogP contribution >= 0.6 is 11.6 Å². The Morgan fingerprint density at radius 1 is 1.33 bits per heavy atom. The third-order valence-corrected chi connectivity index (χ3v) is 5.34. The number of aromatic nitrogens is 4. The normalized spacial score (nSPS) is 18.9. The zero-order chi connectivity index (χ0) is 15.2. The third-order valence-electron chi connectivity index (χ3n) is 5.14. The molecular weight excluding hydrogens is 284 g/mol. The number of hydrogen-bond donors (Lipinski definition) is 0. The topological polar surface area (TPSA) is 35.6 Å². The number of nitrogens with zero attached hydrogens (tertiary/aromatic N) is 4. The van der Waals surface area contributed by atoms with Gasteiger partial charge in [0.25, 0.3) is 0 Å². The van der Waals surface area contributed by atoms with Crippen LogP contribution in [0.5, 0.6) is 0 Å². The van der Waals surface area contributed by atoms with Crippen molar-refractivity contribution >= 4 is 22.8 Å². The maximum atomic E-state index is 6.40. The molecule has 2 aromatic heterocycles. The number of imidazole rings is 1. The third kappa shape index (κ3) is 2.28. The average molecular weight is 309 g/mol. The van der Waals surface area contributed by atoms with Gasteiger partial charge in [-0.25, -0.2) is 9.67 Å². The second-order valence-electron chi connectivity index (χ2n) is 6.45. The van der Waals surface area contributed by atoms with Gasteiger partial charge < -0.3 is 4.57 Å². The van der Waals surface area contributed by atoms with Crippen LogP contribution in [-0.4, -0.2) is 19.3 Å². The number of fused-ring (bicyclic) bond motifs is 1. The van der Waals surface area contributed by atoms with Crippen LogP contribution in [0.3, 0.4) is 0 Å². The van der Waals surface area contributed by atoms with Gasteiger partial charge in [-0.2, -0.15) is 5.10 Å². The summed E-state index contributed by atoms with van der Waals surface area (Å²) in [5.74, 6) is 0.995. The van der Waals surface area contributed by atoms with Gasteiger partial charge in [-0.1, -0.05) is 13.3 Å².